The summed E-state index contributed by atoms with van der Waals surface area (Å²) in [6.07, 6.45) is 3.74. The van der Waals surface area contributed by atoms with E-state index < -0.39 is 0 Å². The number of rotatable bonds is 8. The third-order valence-electron chi connectivity index (χ3n) is 5.57. The standard InChI is InChI=1S/C24H26ClNO5/c1-28-19-6-8-22(29-2)16(10-19)12-26(14-20-4-3-9-30-20)13-17-15-31-23-7-5-18(25)11-21(23)24(17)27/h5-8,10-11,15,20H,3-4,9,12-14H2,1-2H3/t20-/m1/s1. The Morgan fingerprint density at radius 3 is 2.68 bits per heavy atom. The normalized spacial score (nSPS) is 16.2. The SMILES string of the molecule is COc1ccc(OC)c(CN(Cc2coc3ccc(Cl)cc3c2=O)C[C@H]2CCCO2)c1. The minimum atomic E-state index is -0.0707. The van der Waals surface area contributed by atoms with Crippen molar-refractivity contribution in [3.63, 3.8) is 0 Å². The van der Waals surface area contributed by atoms with Crippen molar-refractivity contribution in [1.82, 2.24) is 4.90 Å². The molecule has 7 heteroatoms. The fourth-order valence-corrected chi connectivity index (χ4v) is 4.17. The van der Waals surface area contributed by atoms with Crippen molar-refractivity contribution >= 4 is 22.6 Å². The maximum absolute atomic E-state index is 13.1. The summed E-state index contributed by atoms with van der Waals surface area (Å²) < 4.78 is 22.5. The lowest BCUT2D eigenvalue weighted by molar-refractivity contribution is 0.0673. The van der Waals surface area contributed by atoms with E-state index in [1.807, 2.05) is 18.2 Å². The Bertz CT molecular complexity index is 1110. The summed E-state index contributed by atoms with van der Waals surface area (Å²) in [6, 6.07) is 10.8. The van der Waals surface area contributed by atoms with Crippen molar-refractivity contribution < 1.29 is 18.6 Å². The lowest BCUT2D eigenvalue weighted by Crippen LogP contribution is -2.33. The monoisotopic (exact) mass is 443 g/mol. The smallest absolute Gasteiger partial charge is 0.197 e. The van der Waals surface area contributed by atoms with Crippen molar-refractivity contribution in [3.05, 3.63) is 69.0 Å². The molecule has 1 aliphatic heterocycles. The molecule has 1 saturated heterocycles. The predicted octanol–water partition coefficient (Wildman–Crippen LogP) is 4.64. The lowest BCUT2D eigenvalue weighted by Gasteiger charge is -2.26. The molecular weight excluding hydrogens is 418 g/mol. The molecule has 4 rings (SSSR count). The van der Waals surface area contributed by atoms with E-state index in [0.29, 0.717) is 41.2 Å². The molecule has 0 unspecified atom stereocenters. The van der Waals surface area contributed by atoms with E-state index in [0.717, 1.165) is 36.5 Å². The van der Waals surface area contributed by atoms with Crippen LogP contribution in [0.1, 0.15) is 24.0 Å². The number of ether oxygens (including phenoxy) is 3. The number of hydrogen-bond acceptors (Lipinski definition) is 6. The van der Waals surface area contributed by atoms with Crippen LogP contribution in [0.5, 0.6) is 11.5 Å². The van der Waals surface area contributed by atoms with Gasteiger partial charge >= 0.3 is 0 Å². The van der Waals surface area contributed by atoms with Crippen LogP contribution in [0.4, 0.5) is 0 Å². The van der Waals surface area contributed by atoms with Gasteiger partial charge < -0.3 is 18.6 Å². The summed E-state index contributed by atoms with van der Waals surface area (Å²) in [5.74, 6) is 1.53. The molecule has 0 radical (unpaired) electrons. The largest absolute Gasteiger partial charge is 0.497 e. The number of benzene rings is 2. The Kier molecular flexibility index (Phi) is 6.80. The second kappa shape index (κ2) is 9.73. The van der Waals surface area contributed by atoms with E-state index in [1.165, 1.54) is 0 Å². The van der Waals surface area contributed by atoms with Gasteiger partial charge in [-0.15, -0.1) is 0 Å². The Labute approximate surface area is 186 Å². The van der Waals surface area contributed by atoms with Crippen LogP contribution in [0.15, 0.2) is 51.9 Å². The molecule has 2 heterocycles. The average molecular weight is 444 g/mol. The van der Waals surface area contributed by atoms with Gasteiger partial charge in [0.15, 0.2) is 5.43 Å². The molecule has 0 spiro atoms. The highest BCUT2D eigenvalue weighted by Gasteiger charge is 2.22. The van der Waals surface area contributed by atoms with E-state index in [1.54, 1.807) is 38.7 Å². The number of halogens is 1. The van der Waals surface area contributed by atoms with Crippen molar-refractivity contribution in [2.45, 2.75) is 32.0 Å². The van der Waals surface area contributed by atoms with Crippen LogP contribution in [0, 0.1) is 0 Å². The van der Waals surface area contributed by atoms with Gasteiger partial charge in [-0.05, 0) is 49.2 Å². The fraction of sp³-hybridized carbons (Fsp3) is 0.375. The number of fused-ring (bicyclic) bond motifs is 1. The summed E-state index contributed by atoms with van der Waals surface area (Å²) in [4.78, 5) is 15.3. The summed E-state index contributed by atoms with van der Waals surface area (Å²) >= 11 is 6.10. The molecule has 0 bridgehead atoms. The zero-order chi connectivity index (χ0) is 21.8. The topological polar surface area (TPSA) is 61.1 Å². The van der Waals surface area contributed by atoms with Crippen LogP contribution >= 0.6 is 11.6 Å². The molecular formula is C24H26ClNO5. The van der Waals surface area contributed by atoms with Crippen LogP contribution < -0.4 is 14.9 Å². The van der Waals surface area contributed by atoms with Crippen LogP contribution in [-0.2, 0) is 17.8 Å². The van der Waals surface area contributed by atoms with Gasteiger partial charge in [0, 0.05) is 42.4 Å². The van der Waals surface area contributed by atoms with Crippen molar-refractivity contribution in [3.8, 4) is 11.5 Å². The molecule has 1 aliphatic rings. The van der Waals surface area contributed by atoms with Crippen LogP contribution in [0.3, 0.4) is 0 Å². The molecule has 0 N–H and O–H groups in total. The number of methoxy groups -OCH3 is 2. The lowest BCUT2D eigenvalue weighted by atomic mass is 10.1. The van der Waals surface area contributed by atoms with Gasteiger partial charge in [-0.1, -0.05) is 11.6 Å². The maximum atomic E-state index is 13.1. The first-order valence-corrected chi connectivity index (χ1v) is 10.7. The molecule has 164 valence electrons. The predicted molar refractivity (Wildman–Crippen MR) is 120 cm³/mol. The van der Waals surface area contributed by atoms with Gasteiger partial charge in [-0.25, -0.2) is 0 Å². The Morgan fingerprint density at radius 2 is 1.94 bits per heavy atom. The average Bonchev–Trinajstić information content (AvgIpc) is 3.29. The molecule has 0 amide bonds. The molecule has 2 aromatic carbocycles. The zero-order valence-electron chi connectivity index (χ0n) is 17.7. The van der Waals surface area contributed by atoms with E-state index in [-0.39, 0.29) is 11.5 Å². The van der Waals surface area contributed by atoms with Gasteiger partial charge in [0.1, 0.15) is 17.1 Å². The molecule has 1 fully saturated rings. The van der Waals surface area contributed by atoms with Gasteiger partial charge in [0.05, 0.1) is 32.0 Å². The second-order valence-electron chi connectivity index (χ2n) is 7.71. The summed E-state index contributed by atoms with van der Waals surface area (Å²) in [6.45, 7) is 2.48. The minimum absolute atomic E-state index is 0.0707. The Morgan fingerprint density at radius 1 is 1.10 bits per heavy atom. The molecule has 3 aromatic rings. The third kappa shape index (κ3) is 5.03. The van der Waals surface area contributed by atoms with E-state index in [2.05, 4.69) is 4.90 Å². The summed E-state index contributed by atoms with van der Waals surface area (Å²) in [5, 5.41) is 0.996. The highest BCUT2D eigenvalue weighted by atomic mass is 35.5. The molecule has 0 saturated carbocycles. The van der Waals surface area contributed by atoms with Crippen molar-refractivity contribution in [2.24, 2.45) is 0 Å². The highest BCUT2D eigenvalue weighted by Crippen LogP contribution is 2.27. The number of nitrogens with zero attached hydrogens (tertiary/aromatic N) is 1. The van der Waals surface area contributed by atoms with Gasteiger partial charge in [-0.3, -0.25) is 9.69 Å². The Hall–Kier alpha value is -2.54. The summed E-state index contributed by atoms with van der Waals surface area (Å²) in [7, 11) is 3.29. The first-order valence-electron chi connectivity index (χ1n) is 10.3. The van der Waals surface area contributed by atoms with E-state index in [4.69, 9.17) is 30.2 Å². The molecule has 1 aromatic heterocycles. The van der Waals surface area contributed by atoms with E-state index in [9.17, 15) is 4.79 Å². The minimum Gasteiger partial charge on any atom is -0.497 e. The van der Waals surface area contributed by atoms with Crippen LogP contribution in [0.2, 0.25) is 5.02 Å². The first-order chi connectivity index (χ1) is 15.1. The van der Waals surface area contributed by atoms with Gasteiger partial charge in [-0.2, -0.15) is 0 Å². The first kappa shape index (κ1) is 21.7. The quantitative estimate of drug-likeness (QED) is 0.505. The highest BCUT2D eigenvalue weighted by molar-refractivity contribution is 6.31. The van der Waals surface area contributed by atoms with Crippen LogP contribution in [-0.4, -0.2) is 38.4 Å². The Balaban J connectivity index is 1.65. The molecule has 0 aliphatic carbocycles. The van der Waals surface area contributed by atoms with E-state index >= 15 is 0 Å². The zero-order valence-corrected chi connectivity index (χ0v) is 18.5. The van der Waals surface area contributed by atoms with Crippen LogP contribution in [0.25, 0.3) is 11.0 Å². The molecule has 6 nitrogen and oxygen atoms in total. The van der Waals surface area contributed by atoms with Gasteiger partial charge in [0.25, 0.3) is 0 Å². The molecule has 1 atom stereocenters. The van der Waals surface area contributed by atoms with Gasteiger partial charge in [0.2, 0.25) is 0 Å². The summed E-state index contributed by atoms with van der Waals surface area (Å²) in [5.41, 5.74) is 2.01. The number of hydrogen-bond donors (Lipinski definition) is 0. The maximum Gasteiger partial charge on any atom is 0.197 e. The van der Waals surface area contributed by atoms with Crippen molar-refractivity contribution in [1.29, 1.82) is 0 Å². The fourth-order valence-electron chi connectivity index (χ4n) is 4.00. The second-order valence-corrected chi connectivity index (χ2v) is 8.15. The molecule has 31 heavy (non-hydrogen) atoms. The van der Waals surface area contributed by atoms with Crippen molar-refractivity contribution in [2.75, 3.05) is 27.4 Å². The third-order valence-corrected chi connectivity index (χ3v) is 5.80.